The van der Waals surface area contributed by atoms with Gasteiger partial charge in [0.2, 0.25) is 0 Å². The van der Waals surface area contributed by atoms with Crippen molar-refractivity contribution in [3.05, 3.63) is 35.9 Å². The molecule has 1 aliphatic heterocycles. The van der Waals surface area contributed by atoms with Crippen LogP contribution in [0, 0.1) is 11.3 Å². The summed E-state index contributed by atoms with van der Waals surface area (Å²) in [7, 11) is 0. The fraction of sp³-hybridized carbons (Fsp3) is 0.632. The van der Waals surface area contributed by atoms with Gasteiger partial charge in [0.25, 0.3) is 0 Å². The lowest BCUT2D eigenvalue weighted by atomic mass is 9.85. The maximum absolute atomic E-state index is 9.72. The molecule has 0 aromatic heterocycles. The Labute approximate surface area is 134 Å². The second-order valence-corrected chi connectivity index (χ2v) is 6.93. The second-order valence-electron chi connectivity index (χ2n) is 6.93. The second kappa shape index (κ2) is 7.26. The molecule has 3 nitrogen and oxygen atoms in total. The standard InChI is InChI=1S/C19H27N3/c20-16-19(21-18-9-5-2-6-10-18)11-13-22(14-12-19)15-17-7-3-1-4-8-17/h1,3-4,7-8,18,21H,2,5-6,9-15H2. The molecule has 2 fully saturated rings. The zero-order valence-electron chi connectivity index (χ0n) is 13.4. The summed E-state index contributed by atoms with van der Waals surface area (Å²) in [5.74, 6) is 0. The fourth-order valence-corrected chi connectivity index (χ4v) is 3.86. The average Bonchev–Trinajstić information content (AvgIpc) is 2.59. The predicted molar refractivity (Wildman–Crippen MR) is 89.3 cm³/mol. The summed E-state index contributed by atoms with van der Waals surface area (Å²) < 4.78 is 0. The average molecular weight is 297 g/mol. The zero-order chi connectivity index (χ0) is 15.3. The minimum Gasteiger partial charge on any atom is -0.299 e. The third-order valence-electron chi connectivity index (χ3n) is 5.26. The van der Waals surface area contributed by atoms with Crippen molar-refractivity contribution in [2.75, 3.05) is 13.1 Å². The van der Waals surface area contributed by atoms with Crippen molar-refractivity contribution < 1.29 is 0 Å². The highest BCUT2D eigenvalue weighted by Gasteiger charge is 2.36. The maximum Gasteiger partial charge on any atom is 0.109 e. The van der Waals surface area contributed by atoms with E-state index >= 15 is 0 Å². The minimum atomic E-state index is -0.283. The summed E-state index contributed by atoms with van der Waals surface area (Å²) in [4.78, 5) is 2.48. The summed E-state index contributed by atoms with van der Waals surface area (Å²) >= 11 is 0. The number of nitrogens with one attached hydrogen (secondary N) is 1. The van der Waals surface area contributed by atoms with Gasteiger partial charge in [0, 0.05) is 25.7 Å². The van der Waals surface area contributed by atoms with Crippen LogP contribution in [0.15, 0.2) is 30.3 Å². The molecule has 1 N–H and O–H groups in total. The molecule has 118 valence electrons. The van der Waals surface area contributed by atoms with Gasteiger partial charge in [0.1, 0.15) is 5.54 Å². The summed E-state index contributed by atoms with van der Waals surface area (Å²) in [5, 5.41) is 13.4. The van der Waals surface area contributed by atoms with Crippen molar-refractivity contribution in [3.8, 4) is 6.07 Å². The van der Waals surface area contributed by atoms with Crippen LogP contribution in [0.3, 0.4) is 0 Å². The third-order valence-corrected chi connectivity index (χ3v) is 5.26. The van der Waals surface area contributed by atoms with Crippen molar-refractivity contribution >= 4 is 0 Å². The molecule has 1 aromatic carbocycles. The Morgan fingerprint density at radius 3 is 2.41 bits per heavy atom. The van der Waals surface area contributed by atoms with Gasteiger partial charge >= 0.3 is 0 Å². The Bertz CT molecular complexity index is 491. The first-order chi connectivity index (χ1) is 10.8. The number of hydrogen-bond acceptors (Lipinski definition) is 3. The fourth-order valence-electron chi connectivity index (χ4n) is 3.86. The Morgan fingerprint density at radius 2 is 1.77 bits per heavy atom. The molecule has 0 radical (unpaired) electrons. The van der Waals surface area contributed by atoms with Crippen molar-refractivity contribution in [2.24, 2.45) is 0 Å². The SMILES string of the molecule is N#CC1(NC2CCCCC2)CCN(Cc2ccccc2)CC1. The van der Waals surface area contributed by atoms with E-state index in [0.29, 0.717) is 6.04 Å². The van der Waals surface area contributed by atoms with Gasteiger partial charge in [0.05, 0.1) is 6.07 Å². The lowest BCUT2D eigenvalue weighted by molar-refractivity contribution is 0.145. The largest absolute Gasteiger partial charge is 0.299 e. The first-order valence-electron chi connectivity index (χ1n) is 8.75. The molecule has 22 heavy (non-hydrogen) atoms. The quantitative estimate of drug-likeness (QED) is 0.925. The van der Waals surface area contributed by atoms with Crippen LogP contribution in [-0.4, -0.2) is 29.6 Å². The smallest absolute Gasteiger partial charge is 0.109 e. The molecule has 0 unspecified atom stereocenters. The Kier molecular flexibility index (Phi) is 5.12. The first-order valence-corrected chi connectivity index (χ1v) is 8.75. The normalized spacial score (nSPS) is 23.0. The van der Waals surface area contributed by atoms with Crippen molar-refractivity contribution in [3.63, 3.8) is 0 Å². The molecule has 1 saturated heterocycles. The maximum atomic E-state index is 9.72. The van der Waals surface area contributed by atoms with Crippen LogP contribution < -0.4 is 5.32 Å². The molecule has 0 amide bonds. The molecule has 3 heteroatoms. The van der Waals surface area contributed by atoms with Crippen LogP contribution in [0.1, 0.15) is 50.5 Å². The van der Waals surface area contributed by atoms with E-state index in [-0.39, 0.29) is 5.54 Å². The third kappa shape index (κ3) is 3.88. The zero-order valence-corrected chi connectivity index (χ0v) is 13.4. The van der Waals surface area contributed by atoms with E-state index in [0.717, 1.165) is 32.5 Å². The van der Waals surface area contributed by atoms with E-state index < -0.39 is 0 Å². The number of rotatable bonds is 4. The van der Waals surface area contributed by atoms with Gasteiger partial charge < -0.3 is 0 Å². The summed E-state index contributed by atoms with van der Waals surface area (Å²) in [6, 6.07) is 13.8. The topological polar surface area (TPSA) is 39.1 Å². The van der Waals surface area contributed by atoms with Crippen LogP contribution in [0.2, 0.25) is 0 Å². The van der Waals surface area contributed by atoms with Crippen molar-refractivity contribution in [2.45, 2.75) is 63.1 Å². The van der Waals surface area contributed by atoms with Gasteiger partial charge in [-0.25, -0.2) is 0 Å². The summed E-state index contributed by atoms with van der Waals surface area (Å²) in [5.41, 5.74) is 1.09. The van der Waals surface area contributed by atoms with Crippen LogP contribution >= 0.6 is 0 Å². The molecule has 3 rings (SSSR count). The molecule has 1 heterocycles. The monoisotopic (exact) mass is 297 g/mol. The van der Waals surface area contributed by atoms with Crippen LogP contribution in [0.4, 0.5) is 0 Å². The van der Waals surface area contributed by atoms with Crippen LogP contribution in [0.5, 0.6) is 0 Å². The highest BCUT2D eigenvalue weighted by Crippen LogP contribution is 2.27. The summed E-state index contributed by atoms with van der Waals surface area (Å²) in [6.45, 7) is 3.04. The molecule has 0 bridgehead atoms. The molecular formula is C19H27N3. The van der Waals surface area contributed by atoms with Gasteiger partial charge in [-0.05, 0) is 31.2 Å². The Hall–Kier alpha value is -1.37. The highest BCUT2D eigenvalue weighted by atomic mass is 15.2. The Morgan fingerprint density at radius 1 is 1.09 bits per heavy atom. The molecular weight excluding hydrogens is 270 g/mol. The number of nitriles is 1. The minimum absolute atomic E-state index is 0.283. The van der Waals surface area contributed by atoms with Gasteiger partial charge in [-0.3, -0.25) is 10.2 Å². The lowest BCUT2D eigenvalue weighted by Gasteiger charge is -2.41. The number of likely N-dealkylation sites (tertiary alicyclic amines) is 1. The predicted octanol–water partition coefficient (Wildman–Crippen LogP) is 3.47. The molecule has 0 atom stereocenters. The van der Waals surface area contributed by atoms with Crippen molar-refractivity contribution in [1.29, 1.82) is 5.26 Å². The number of hydrogen-bond donors (Lipinski definition) is 1. The number of benzene rings is 1. The van der Waals surface area contributed by atoms with Crippen LogP contribution in [-0.2, 0) is 6.54 Å². The van der Waals surface area contributed by atoms with Crippen LogP contribution in [0.25, 0.3) is 0 Å². The molecule has 1 aliphatic carbocycles. The summed E-state index contributed by atoms with van der Waals surface area (Å²) in [6.07, 6.45) is 8.40. The van der Waals surface area contributed by atoms with Gasteiger partial charge in [-0.15, -0.1) is 0 Å². The van der Waals surface area contributed by atoms with E-state index in [1.165, 1.54) is 37.7 Å². The van der Waals surface area contributed by atoms with E-state index in [2.05, 4.69) is 46.6 Å². The highest BCUT2D eigenvalue weighted by molar-refractivity contribution is 5.16. The number of nitrogens with zero attached hydrogens (tertiary/aromatic N) is 2. The molecule has 1 aromatic rings. The number of piperidine rings is 1. The van der Waals surface area contributed by atoms with Gasteiger partial charge in [-0.2, -0.15) is 5.26 Å². The van der Waals surface area contributed by atoms with Gasteiger partial charge in [-0.1, -0.05) is 49.6 Å². The van der Waals surface area contributed by atoms with E-state index in [1.54, 1.807) is 0 Å². The Balaban J connectivity index is 1.53. The van der Waals surface area contributed by atoms with E-state index in [9.17, 15) is 5.26 Å². The first kappa shape index (κ1) is 15.5. The molecule has 2 aliphatic rings. The van der Waals surface area contributed by atoms with Gasteiger partial charge in [0.15, 0.2) is 0 Å². The molecule has 0 spiro atoms. The lowest BCUT2D eigenvalue weighted by Crippen LogP contribution is -2.55. The van der Waals surface area contributed by atoms with E-state index in [4.69, 9.17) is 0 Å². The van der Waals surface area contributed by atoms with E-state index in [1.807, 2.05) is 0 Å². The molecule has 1 saturated carbocycles. The van der Waals surface area contributed by atoms with Crippen molar-refractivity contribution in [1.82, 2.24) is 10.2 Å².